The second kappa shape index (κ2) is 5.72. The molecule has 4 heteroatoms. The number of nitrogens with one attached hydrogen (secondary N) is 2. The summed E-state index contributed by atoms with van der Waals surface area (Å²) in [5.41, 5.74) is 0.791. The van der Waals surface area contributed by atoms with Gasteiger partial charge in [-0.2, -0.15) is 0 Å². The maximum atomic E-state index is 11.9. The summed E-state index contributed by atoms with van der Waals surface area (Å²) in [5, 5.41) is 9.47. The average Bonchev–Trinajstić information content (AvgIpc) is 2.82. The molecule has 0 saturated carbocycles. The van der Waals surface area contributed by atoms with Gasteiger partial charge in [0.2, 0.25) is 5.91 Å². The fourth-order valence-corrected chi connectivity index (χ4v) is 2.87. The molecule has 0 saturated heterocycles. The Hall–Kier alpha value is -1.39. The number of thiophene rings is 1. The molecule has 0 radical (unpaired) electrons. The van der Waals surface area contributed by atoms with Gasteiger partial charge in [0.1, 0.15) is 0 Å². The van der Waals surface area contributed by atoms with Crippen molar-refractivity contribution in [3.8, 4) is 0 Å². The standard InChI is InChI=1S/C15H20N2OS/c1-15(2,16-3)14(18)17-9-8-11-10-19-13-7-5-4-6-12(11)13/h4-7,10,16H,8-9H2,1-3H3,(H,17,18). The second-order valence-electron chi connectivity index (χ2n) is 5.14. The van der Waals surface area contributed by atoms with Gasteiger partial charge < -0.3 is 10.6 Å². The molecule has 0 fully saturated rings. The summed E-state index contributed by atoms with van der Waals surface area (Å²) in [6, 6.07) is 8.38. The first-order valence-electron chi connectivity index (χ1n) is 6.47. The summed E-state index contributed by atoms with van der Waals surface area (Å²) in [6.45, 7) is 4.43. The molecule has 1 aromatic carbocycles. The van der Waals surface area contributed by atoms with Crippen LogP contribution in [0.25, 0.3) is 10.1 Å². The van der Waals surface area contributed by atoms with Crippen LogP contribution in [0, 0.1) is 0 Å². The van der Waals surface area contributed by atoms with E-state index in [4.69, 9.17) is 0 Å². The molecule has 0 aliphatic rings. The lowest BCUT2D eigenvalue weighted by molar-refractivity contribution is -0.126. The van der Waals surface area contributed by atoms with Crippen molar-refractivity contribution in [3.63, 3.8) is 0 Å². The highest BCUT2D eigenvalue weighted by Crippen LogP contribution is 2.25. The molecule has 2 N–H and O–H groups in total. The SMILES string of the molecule is CNC(C)(C)C(=O)NCCc1csc2ccccc12. The van der Waals surface area contributed by atoms with Crippen LogP contribution in [0.1, 0.15) is 19.4 Å². The van der Waals surface area contributed by atoms with Crippen molar-refractivity contribution < 1.29 is 4.79 Å². The normalized spacial score (nSPS) is 11.7. The van der Waals surface area contributed by atoms with Gasteiger partial charge in [0, 0.05) is 11.2 Å². The molecule has 0 aliphatic carbocycles. The van der Waals surface area contributed by atoms with E-state index in [2.05, 4.69) is 40.3 Å². The van der Waals surface area contributed by atoms with Gasteiger partial charge in [-0.05, 0) is 49.7 Å². The van der Waals surface area contributed by atoms with E-state index < -0.39 is 5.54 Å². The summed E-state index contributed by atoms with van der Waals surface area (Å²) in [6.07, 6.45) is 0.871. The Kier molecular flexibility index (Phi) is 4.22. The van der Waals surface area contributed by atoms with E-state index in [-0.39, 0.29) is 5.91 Å². The van der Waals surface area contributed by atoms with Gasteiger partial charge in [-0.25, -0.2) is 0 Å². The van der Waals surface area contributed by atoms with E-state index in [1.54, 1.807) is 18.4 Å². The Balaban J connectivity index is 1.95. The fraction of sp³-hybridized carbons (Fsp3) is 0.400. The van der Waals surface area contributed by atoms with Gasteiger partial charge >= 0.3 is 0 Å². The average molecular weight is 276 g/mol. The van der Waals surface area contributed by atoms with E-state index in [9.17, 15) is 4.79 Å². The quantitative estimate of drug-likeness (QED) is 0.881. The number of likely N-dealkylation sites (N-methyl/N-ethyl adjacent to an activating group) is 1. The molecule has 3 nitrogen and oxygen atoms in total. The molecule has 1 aromatic heterocycles. The van der Waals surface area contributed by atoms with E-state index in [0.29, 0.717) is 6.54 Å². The van der Waals surface area contributed by atoms with Crippen LogP contribution in [0.4, 0.5) is 0 Å². The Morgan fingerprint density at radius 1 is 1.32 bits per heavy atom. The third-order valence-corrected chi connectivity index (χ3v) is 4.45. The number of amides is 1. The molecule has 0 aliphatic heterocycles. The van der Waals surface area contributed by atoms with Gasteiger partial charge in [0.15, 0.2) is 0 Å². The first kappa shape index (κ1) is 14.0. The van der Waals surface area contributed by atoms with E-state index in [0.717, 1.165) is 6.42 Å². The van der Waals surface area contributed by atoms with Crippen molar-refractivity contribution in [2.75, 3.05) is 13.6 Å². The maximum Gasteiger partial charge on any atom is 0.239 e. The molecule has 0 bridgehead atoms. The van der Waals surface area contributed by atoms with Crippen LogP contribution in [-0.2, 0) is 11.2 Å². The van der Waals surface area contributed by atoms with Crippen LogP contribution in [0.5, 0.6) is 0 Å². The van der Waals surface area contributed by atoms with Gasteiger partial charge in [0.25, 0.3) is 0 Å². The van der Waals surface area contributed by atoms with Crippen molar-refractivity contribution >= 4 is 27.3 Å². The highest BCUT2D eigenvalue weighted by atomic mass is 32.1. The van der Waals surface area contributed by atoms with Gasteiger partial charge in [-0.3, -0.25) is 4.79 Å². The molecule has 1 heterocycles. The third kappa shape index (κ3) is 3.14. The Bertz CT molecular complexity index is 574. The summed E-state index contributed by atoms with van der Waals surface area (Å²) in [4.78, 5) is 11.9. The first-order chi connectivity index (χ1) is 9.04. The lowest BCUT2D eigenvalue weighted by Gasteiger charge is -2.22. The molecule has 0 unspecified atom stereocenters. The maximum absolute atomic E-state index is 11.9. The van der Waals surface area contributed by atoms with Crippen molar-refractivity contribution in [1.82, 2.24) is 10.6 Å². The minimum absolute atomic E-state index is 0.0366. The predicted octanol–water partition coefficient (Wildman–Crippen LogP) is 2.56. The number of hydrogen-bond donors (Lipinski definition) is 2. The Morgan fingerprint density at radius 3 is 2.79 bits per heavy atom. The number of carbonyl (C=O) groups is 1. The summed E-state index contributed by atoms with van der Waals surface area (Å²) in [7, 11) is 1.80. The van der Waals surface area contributed by atoms with Crippen molar-refractivity contribution in [1.29, 1.82) is 0 Å². The number of carbonyl (C=O) groups excluding carboxylic acids is 1. The molecule has 2 rings (SSSR count). The van der Waals surface area contributed by atoms with Crippen molar-refractivity contribution in [2.45, 2.75) is 25.8 Å². The lowest BCUT2D eigenvalue weighted by atomic mass is 10.0. The Labute approximate surface area is 118 Å². The van der Waals surface area contributed by atoms with Crippen LogP contribution in [0.15, 0.2) is 29.6 Å². The molecular weight excluding hydrogens is 256 g/mol. The van der Waals surface area contributed by atoms with E-state index >= 15 is 0 Å². The monoisotopic (exact) mass is 276 g/mol. The molecule has 0 atom stereocenters. The third-order valence-electron chi connectivity index (χ3n) is 3.43. The van der Waals surface area contributed by atoms with Gasteiger partial charge in [0.05, 0.1) is 5.54 Å². The number of hydrogen-bond acceptors (Lipinski definition) is 3. The van der Waals surface area contributed by atoms with Crippen LogP contribution in [-0.4, -0.2) is 25.0 Å². The zero-order valence-electron chi connectivity index (χ0n) is 11.6. The zero-order valence-corrected chi connectivity index (χ0v) is 12.4. The molecule has 102 valence electrons. The molecule has 2 aromatic rings. The number of rotatable bonds is 5. The topological polar surface area (TPSA) is 41.1 Å². The molecule has 1 amide bonds. The summed E-state index contributed by atoms with van der Waals surface area (Å²) in [5.74, 6) is 0.0366. The minimum atomic E-state index is -0.517. The van der Waals surface area contributed by atoms with Crippen molar-refractivity contribution in [2.24, 2.45) is 0 Å². The smallest absolute Gasteiger partial charge is 0.239 e. The van der Waals surface area contributed by atoms with Crippen LogP contribution in [0.2, 0.25) is 0 Å². The van der Waals surface area contributed by atoms with E-state index in [1.807, 2.05) is 13.8 Å². The first-order valence-corrected chi connectivity index (χ1v) is 7.35. The largest absolute Gasteiger partial charge is 0.354 e. The zero-order chi connectivity index (χ0) is 13.9. The molecule has 0 spiro atoms. The highest BCUT2D eigenvalue weighted by molar-refractivity contribution is 7.17. The highest BCUT2D eigenvalue weighted by Gasteiger charge is 2.24. The second-order valence-corrected chi connectivity index (χ2v) is 6.05. The number of fused-ring (bicyclic) bond motifs is 1. The summed E-state index contributed by atoms with van der Waals surface area (Å²) >= 11 is 1.76. The van der Waals surface area contributed by atoms with E-state index in [1.165, 1.54) is 15.6 Å². The number of benzene rings is 1. The minimum Gasteiger partial charge on any atom is -0.354 e. The lowest BCUT2D eigenvalue weighted by Crippen LogP contribution is -2.51. The predicted molar refractivity (Wildman–Crippen MR) is 81.7 cm³/mol. The van der Waals surface area contributed by atoms with Crippen LogP contribution < -0.4 is 10.6 Å². The Morgan fingerprint density at radius 2 is 2.05 bits per heavy atom. The molecular formula is C15H20N2OS. The molecule has 19 heavy (non-hydrogen) atoms. The van der Waals surface area contributed by atoms with Gasteiger partial charge in [-0.1, -0.05) is 18.2 Å². The fourth-order valence-electron chi connectivity index (χ4n) is 1.87. The summed E-state index contributed by atoms with van der Waals surface area (Å²) < 4.78 is 1.30. The van der Waals surface area contributed by atoms with Crippen LogP contribution in [0.3, 0.4) is 0 Å². The van der Waals surface area contributed by atoms with Gasteiger partial charge in [-0.15, -0.1) is 11.3 Å². The van der Waals surface area contributed by atoms with Crippen LogP contribution >= 0.6 is 11.3 Å². The van der Waals surface area contributed by atoms with Crippen molar-refractivity contribution in [3.05, 3.63) is 35.2 Å².